The van der Waals surface area contributed by atoms with Gasteiger partial charge in [-0.3, -0.25) is 4.79 Å². The fourth-order valence-electron chi connectivity index (χ4n) is 1.77. The van der Waals surface area contributed by atoms with Crippen LogP contribution in [-0.2, 0) is 0 Å². The molecule has 98 valence electrons. The molecule has 0 aliphatic rings. The molecule has 0 spiro atoms. The molecule has 0 aliphatic heterocycles. The number of hydrogen-bond acceptors (Lipinski definition) is 4. The van der Waals surface area contributed by atoms with Crippen molar-refractivity contribution in [2.75, 3.05) is 6.61 Å². The number of aryl methyl sites for hydroxylation is 1. The summed E-state index contributed by atoms with van der Waals surface area (Å²) in [6, 6.07) is 11.7. The lowest BCUT2D eigenvalue weighted by Crippen LogP contribution is -2.12. The van der Waals surface area contributed by atoms with Crippen molar-refractivity contribution in [2.24, 2.45) is 0 Å². The van der Waals surface area contributed by atoms with Gasteiger partial charge < -0.3 is 14.9 Å². The Hall–Kier alpha value is -2.49. The van der Waals surface area contributed by atoms with Crippen molar-refractivity contribution in [2.45, 2.75) is 6.92 Å². The second-order valence-electron chi connectivity index (χ2n) is 4.20. The molecule has 0 unspecified atom stereocenters. The van der Waals surface area contributed by atoms with E-state index in [1.54, 1.807) is 31.2 Å². The number of phenols is 2. The third-order valence-electron chi connectivity index (χ3n) is 2.63. The molecule has 0 fully saturated rings. The van der Waals surface area contributed by atoms with Crippen molar-refractivity contribution in [3.63, 3.8) is 0 Å². The van der Waals surface area contributed by atoms with Crippen molar-refractivity contribution in [3.05, 3.63) is 53.6 Å². The summed E-state index contributed by atoms with van der Waals surface area (Å²) in [6.07, 6.45) is 0. The number of phenolic OH excluding ortho intramolecular Hbond substituents is 2. The molecule has 2 N–H and O–H groups in total. The SMILES string of the molecule is Cc1cc(O)c(C(=O)COc2ccccc2)c(O)c1. The average molecular weight is 258 g/mol. The third-order valence-corrected chi connectivity index (χ3v) is 2.63. The standard InChI is InChI=1S/C15H14O4/c1-10-7-12(16)15(13(17)8-10)14(18)9-19-11-5-3-2-4-6-11/h2-8,16-17H,9H2,1H3. The van der Waals surface area contributed by atoms with Gasteiger partial charge in [-0.25, -0.2) is 0 Å². The van der Waals surface area contributed by atoms with E-state index in [9.17, 15) is 15.0 Å². The van der Waals surface area contributed by atoms with Crippen LogP contribution in [0.3, 0.4) is 0 Å². The first-order valence-electron chi connectivity index (χ1n) is 5.81. The zero-order chi connectivity index (χ0) is 13.8. The highest BCUT2D eigenvalue weighted by Gasteiger charge is 2.17. The lowest BCUT2D eigenvalue weighted by Gasteiger charge is -2.09. The van der Waals surface area contributed by atoms with E-state index in [1.165, 1.54) is 12.1 Å². The van der Waals surface area contributed by atoms with Gasteiger partial charge in [0.25, 0.3) is 0 Å². The number of para-hydroxylation sites is 1. The third kappa shape index (κ3) is 3.04. The van der Waals surface area contributed by atoms with Gasteiger partial charge in [0.15, 0.2) is 6.61 Å². The first kappa shape index (κ1) is 13.0. The normalized spacial score (nSPS) is 10.2. The smallest absolute Gasteiger partial charge is 0.207 e. The molecule has 2 aromatic carbocycles. The van der Waals surface area contributed by atoms with E-state index >= 15 is 0 Å². The first-order valence-corrected chi connectivity index (χ1v) is 5.81. The number of aromatic hydroxyl groups is 2. The van der Waals surface area contributed by atoms with E-state index in [2.05, 4.69) is 0 Å². The van der Waals surface area contributed by atoms with Crippen LogP contribution in [-0.4, -0.2) is 22.6 Å². The Labute approximate surface area is 110 Å². The van der Waals surface area contributed by atoms with Crippen LogP contribution in [0.2, 0.25) is 0 Å². The number of rotatable bonds is 4. The van der Waals surface area contributed by atoms with Crippen LogP contribution in [0.5, 0.6) is 17.2 Å². The minimum atomic E-state index is -0.473. The summed E-state index contributed by atoms with van der Waals surface area (Å²) >= 11 is 0. The monoisotopic (exact) mass is 258 g/mol. The fourth-order valence-corrected chi connectivity index (χ4v) is 1.77. The number of Topliss-reactive ketones (excluding diaryl/α,β-unsaturated/α-hetero) is 1. The number of ketones is 1. The molecule has 0 heterocycles. The lowest BCUT2D eigenvalue weighted by molar-refractivity contribution is 0.0916. The molecule has 4 nitrogen and oxygen atoms in total. The van der Waals surface area contributed by atoms with Crippen LogP contribution in [0.15, 0.2) is 42.5 Å². The van der Waals surface area contributed by atoms with Gasteiger partial charge in [0.2, 0.25) is 5.78 Å². The summed E-state index contributed by atoms with van der Waals surface area (Å²) in [5.74, 6) is -0.390. The number of carbonyl (C=O) groups excluding carboxylic acids is 1. The van der Waals surface area contributed by atoms with Crippen molar-refractivity contribution in [1.82, 2.24) is 0 Å². The van der Waals surface area contributed by atoms with Crippen LogP contribution in [0.1, 0.15) is 15.9 Å². The molecular weight excluding hydrogens is 244 g/mol. The fraction of sp³-hybridized carbons (Fsp3) is 0.133. The Bertz CT molecular complexity index is 567. The first-order chi connectivity index (χ1) is 9.08. The number of ether oxygens (including phenoxy) is 1. The Morgan fingerprint density at radius 3 is 2.26 bits per heavy atom. The van der Waals surface area contributed by atoms with E-state index in [4.69, 9.17) is 4.74 Å². The van der Waals surface area contributed by atoms with Gasteiger partial charge in [-0.05, 0) is 36.8 Å². The maximum absolute atomic E-state index is 11.9. The van der Waals surface area contributed by atoms with Crippen LogP contribution in [0.4, 0.5) is 0 Å². The summed E-state index contributed by atoms with van der Waals surface area (Å²) in [5, 5.41) is 19.4. The Morgan fingerprint density at radius 2 is 1.68 bits per heavy atom. The highest BCUT2D eigenvalue weighted by Crippen LogP contribution is 2.29. The van der Waals surface area contributed by atoms with Crippen molar-refractivity contribution in [1.29, 1.82) is 0 Å². The maximum Gasteiger partial charge on any atom is 0.207 e. The largest absolute Gasteiger partial charge is 0.507 e. The van der Waals surface area contributed by atoms with Crippen LogP contribution < -0.4 is 4.74 Å². The van der Waals surface area contributed by atoms with Crippen molar-refractivity contribution in [3.8, 4) is 17.2 Å². The van der Waals surface area contributed by atoms with E-state index in [-0.39, 0.29) is 23.7 Å². The molecule has 0 saturated carbocycles. The number of benzene rings is 2. The molecule has 0 bridgehead atoms. The molecule has 0 aliphatic carbocycles. The minimum Gasteiger partial charge on any atom is -0.507 e. The predicted molar refractivity (Wildman–Crippen MR) is 70.8 cm³/mol. The summed E-state index contributed by atoms with van der Waals surface area (Å²) in [6.45, 7) is 1.47. The van der Waals surface area contributed by atoms with Crippen LogP contribution in [0.25, 0.3) is 0 Å². The number of carbonyl (C=O) groups is 1. The van der Waals surface area contributed by atoms with E-state index in [0.29, 0.717) is 11.3 Å². The van der Waals surface area contributed by atoms with Crippen molar-refractivity contribution < 1.29 is 19.7 Å². The highest BCUT2D eigenvalue weighted by atomic mass is 16.5. The summed E-state index contributed by atoms with van der Waals surface area (Å²) in [7, 11) is 0. The Morgan fingerprint density at radius 1 is 1.11 bits per heavy atom. The van der Waals surface area contributed by atoms with Crippen LogP contribution in [0, 0.1) is 6.92 Å². The Kier molecular flexibility index (Phi) is 3.71. The van der Waals surface area contributed by atoms with E-state index in [0.717, 1.165) is 0 Å². The lowest BCUT2D eigenvalue weighted by atomic mass is 10.1. The molecule has 0 atom stereocenters. The zero-order valence-electron chi connectivity index (χ0n) is 10.5. The summed E-state index contributed by atoms with van der Waals surface area (Å²) in [4.78, 5) is 11.9. The minimum absolute atomic E-state index is 0.110. The van der Waals surface area contributed by atoms with Gasteiger partial charge in [-0.1, -0.05) is 18.2 Å². The molecule has 0 amide bonds. The number of hydrogen-bond donors (Lipinski definition) is 2. The van der Waals surface area contributed by atoms with Crippen LogP contribution >= 0.6 is 0 Å². The second kappa shape index (κ2) is 5.44. The van der Waals surface area contributed by atoms with Gasteiger partial charge >= 0.3 is 0 Å². The molecule has 0 radical (unpaired) electrons. The highest BCUT2D eigenvalue weighted by molar-refractivity contribution is 6.02. The predicted octanol–water partition coefficient (Wildman–Crippen LogP) is 2.67. The van der Waals surface area contributed by atoms with E-state index in [1.807, 2.05) is 6.07 Å². The molecular formula is C15H14O4. The molecule has 0 saturated heterocycles. The van der Waals surface area contributed by atoms with Gasteiger partial charge in [-0.2, -0.15) is 0 Å². The molecule has 4 heteroatoms. The molecule has 19 heavy (non-hydrogen) atoms. The zero-order valence-corrected chi connectivity index (χ0v) is 10.5. The summed E-state index contributed by atoms with van der Waals surface area (Å²) in [5.41, 5.74) is 0.567. The van der Waals surface area contributed by atoms with E-state index < -0.39 is 5.78 Å². The second-order valence-corrected chi connectivity index (χ2v) is 4.20. The van der Waals surface area contributed by atoms with Gasteiger partial charge in [0.05, 0.1) is 0 Å². The van der Waals surface area contributed by atoms with Gasteiger partial charge in [-0.15, -0.1) is 0 Å². The van der Waals surface area contributed by atoms with Crippen molar-refractivity contribution >= 4 is 5.78 Å². The average Bonchev–Trinajstić information content (AvgIpc) is 2.36. The molecule has 2 aromatic rings. The maximum atomic E-state index is 11.9. The van der Waals surface area contributed by atoms with Gasteiger partial charge in [0.1, 0.15) is 22.8 Å². The summed E-state index contributed by atoms with van der Waals surface area (Å²) < 4.78 is 5.29. The van der Waals surface area contributed by atoms with Gasteiger partial charge in [0, 0.05) is 0 Å². The topological polar surface area (TPSA) is 66.8 Å². The molecule has 0 aromatic heterocycles. The Balaban J connectivity index is 2.13. The molecule has 2 rings (SSSR count). The quantitative estimate of drug-likeness (QED) is 0.827.